The van der Waals surface area contributed by atoms with Gasteiger partial charge in [-0.15, -0.1) is 0 Å². The number of carbonyl (C=O) groups is 1. The summed E-state index contributed by atoms with van der Waals surface area (Å²) < 4.78 is 36.4. The van der Waals surface area contributed by atoms with Crippen LogP contribution in [0.4, 0.5) is 5.69 Å². The lowest BCUT2D eigenvalue weighted by atomic mass is 10.2. The van der Waals surface area contributed by atoms with E-state index in [1.54, 1.807) is 13.0 Å². The number of ether oxygens (including phenoxy) is 2. The second-order valence-electron chi connectivity index (χ2n) is 4.77. The first kappa shape index (κ1) is 15.7. The Morgan fingerprint density at radius 1 is 1.48 bits per heavy atom. The van der Waals surface area contributed by atoms with Crippen LogP contribution in [0.2, 0.25) is 0 Å². The minimum absolute atomic E-state index is 0.0567. The molecule has 0 amide bonds. The lowest BCUT2D eigenvalue weighted by Crippen LogP contribution is -2.48. The van der Waals surface area contributed by atoms with Gasteiger partial charge in [-0.1, -0.05) is 0 Å². The van der Waals surface area contributed by atoms with Crippen LogP contribution < -0.4 is 5.73 Å². The molecular formula is C13H18N2O5S. The average molecular weight is 314 g/mol. The number of nitrogens with two attached hydrogens (primary N) is 1. The van der Waals surface area contributed by atoms with Crippen molar-refractivity contribution < 1.29 is 22.7 Å². The normalized spacial score (nSPS) is 20.2. The van der Waals surface area contributed by atoms with E-state index in [4.69, 9.17) is 10.5 Å². The molecule has 0 saturated carbocycles. The molecule has 0 aromatic heterocycles. The molecular weight excluding hydrogens is 296 g/mol. The highest BCUT2D eigenvalue weighted by Gasteiger charge is 2.35. The highest BCUT2D eigenvalue weighted by molar-refractivity contribution is 7.89. The monoisotopic (exact) mass is 314 g/mol. The summed E-state index contributed by atoms with van der Waals surface area (Å²) in [5, 5.41) is 0. The molecule has 1 aliphatic heterocycles. The van der Waals surface area contributed by atoms with E-state index in [-0.39, 0.29) is 24.6 Å². The third kappa shape index (κ3) is 3.17. The van der Waals surface area contributed by atoms with Gasteiger partial charge in [-0.05, 0) is 30.7 Å². The van der Waals surface area contributed by atoms with E-state index in [1.807, 2.05) is 0 Å². The molecule has 0 aliphatic carbocycles. The molecule has 0 bridgehead atoms. The highest BCUT2D eigenvalue weighted by atomic mass is 32.2. The summed E-state index contributed by atoms with van der Waals surface area (Å²) in [6, 6.07) is 4.62. The van der Waals surface area contributed by atoms with Crippen molar-refractivity contribution >= 4 is 21.7 Å². The fourth-order valence-electron chi connectivity index (χ4n) is 2.22. The van der Waals surface area contributed by atoms with Gasteiger partial charge in [0.15, 0.2) is 6.10 Å². The number of methoxy groups -OCH3 is 1. The molecule has 1 saturated heterocycles. The quantitative estimate of drug-likeness (QED) is 0.629. The van der Waals surface area contributed by atoms with E-state index in [9.17, 15) is 13.2 Å². The SMILES string of the molecule is COC(=O)C1CN(S(=O)(=O)c2ccc(N)cc2C)CCO1. The minimum Gasteiger partial charge on any atom is -0.467 e. The summed E-state index contributed by atoms with van der Waals surface area (Å²) in [6.07, 6.45) is -0.896. The van der Waals surface area contributed by atoms with Gasteiger partial charge in [0.1, 0.15) is 0 Å². The van der Waals surface area contributed by atoms with Crippen molar-refractivity contribution in [3.05, 3.63) is 23.8 Å². The highest BCUT2D eigenvalue weighted by Crippen LogP contribution is 2.23. The van der Waals surface area contributed by atoms with Crippen molar-refractivity contribution in [1.29, 1.82) is 0 Å². The summed E-state index contributed by atoms with van der Waals surface area (Å²) in [4.78, 5) is 11.7. The number of aryl methyl sites for hydroxylation is 1. The predicted molar refractivity (Wildman–Crippen MR) is 76.1 cm³/mol. The van der Waals surface area contributed by atoms with Crippen molar-refractivity contribution in [2.24, 2.45) is 0 Å². The maximum atomic E-state index is 12.7. The molecule has 7 nitrogen and oxygen atoms in total. The lowest BCUT2D eigenvalue weighted by molar-refractivity contribution is -0.157. The molecule has 1 atom stereocenters. The number of hydrogen-bond donors (Lipinski definition) is 1. The van der Waals surface area contributed by atoms with Crippen molar-refractivity contribution in [2.75, 3.05) is 32.5 Å². The third-order valence-corrected chi connectivity index (χ3v) is 5.34. The molecule has 0 radical (unpaired) electrons. The molecule has 1 aromatic rings. The summed E-state index contributed by atoms with van der Waals surface area (Å²) in [7, 11) is -2.45. The van der Waals surface area contributed by atoms with E-state index in [1.165, 1.54) is 23.5 Å². The second-order valence-corrected chi connectivity index (χ2v) is 6.68. The van der Waals surface area contributed by atoms with Crippen molar-refractivity contribution in [3.63, 3.8) is 0 Å². The Labute approximate surface area is 123 Å². The van der Waals surface area contributed by atoms with Crippen LogP contribution in [0, 0.1) is 6.92 Å². The van der Waals surface area contributed by atoms with Gasteiger partial charge < -0.3 is 15.2 Å². The van der Waals surface area contributed by atoms with Crippen LogP contribution in [0.3, 0.4) is 0 Å². The van der Waals surface area contributed by atoms with Crippen LogP contribution in [0.5, 0.6) is 0 Å². The summed E-state index contributed by atoms with van der Waals surface area (Å²) in [6.45, 7) is 1.97. The number of carbonyl (C=O) groups excluding carboxylic acids is 1. The van der Waals surface area contributed by atoms with Crippen LogP contribution in [-0.2, 0) is 24.3 Å². The summed E-state index contributed by atoms with van der Waals surface area (Å²) in [5.74, 6) is -0.580. The van der Waals surface area contributed by atoms with Gasteiger partial charge in [0, 0.05) is 12.2 Å². The lowest BCUT2D eigenvalue weighted by Gasteiger charge is -2.31. The average Bonchev–Trinajstić information content (AvgIpc) is 2.46. The first-order chi connectivity index (χ1) is 9.86. The maximum Gasteiger partial charge on any atom is 0.336 e. The van der Waals surface area contributed by atoms with E-state index in [0.717, 1.165) is 0 Å². The first-order valence-electron chi connectivity index (χ1n) is 6.42. The molecule has 2 rings (SSSR count). The van der Waals surface area contributed by atoms with Gasteiger partial charge in [0.2, 0.25) is 10.0 Å². The smallest absolute Gasteiger partial charge is 0.336 e. The molecule has 1 unspecified atom stereocenters. The van der Waals surface area contributed by atoms with Gasteiger partial charge >= 0.3 is 5.97 Å². The van der Waals surface area contributed by atoms with Crippen molar-refractivity contribution in [2.45, 2.75) is 17.9 Å². The van der Waals surface area contributed by atoms with Crippen LogP contribution in [0.25, 0.3) is 0 Å². The second kappa shape index (κ2) is 6.00. The first-order valence-corrected chi connectivity index (χ1v) is 7.86. The van der Waals surface area contributed by atoms with Gasteiger partial charge in [-0.3, -0.25) is 0 Å². The van der Waals surface area contributed by atoms with Gasteiger partial charge in [0.25, 0.3) is 0 Å². The number of sulfonamides is 1. The summed E-state index contributed by atoms with van der Waals surface area (Å²) >= 11 is 0. The molecule has 2 N–H and O–H groups in total. The zero-order valence-electron chi connectivity index (χ0n) is 11.9. The Balaban J connectivity index is 2.28. The minimum atomic E-state index is -3.69. The fraction of sp³-hybridized carbons (Fsp3) is 0.462. The molecule has 8 heteroatoms. The standard InChI is InChI=1S/C13H18N2O5S/c1-9-7-10(14)3-4-12(9)21(17,18)15-5-6-20-11(8-15)13(16)19-2/h3-4,7,11H,5-6,8,14H2,1-2H3. The molecule has 21 heavy (non-hydrogen) atoms. The topological polar surface area (TPSA) is 98.9 Å². The van der Waals surface area contributed by atoms with Crippen LogP contribution >= 0.6 is 0 Å². The van der Waals surface area contributed by atoms with Gasteiger partial charge in [-0.25, -0.2) is 13.2 Å². The predicted octanol–water partition coefficient (Wildman–Crippen LogP) is 0.140. The Kier molecular flexibility index (Phi) is 4.50. The van der Waals surface area contributed by atoms with Crippen LogP contribution in [0.1, 0.15) is 5.56 Å². The number of nitrogen functional groups attached to an aromatic ring is 1. The number of nitrogens with zero attached hydrogens (tertiary/aromatic N) is 1. The Hall–Kier alpha value is -1.64. The Morgan fingerprint density at radius 2 is 2.19 bits per heavy atom. The Bertz CT molecular complexity index is 644. The number of benzene rings is 1. The van der Waals surface area contributed by atoms with Crippen LogP contribution in [0.15, 0.2) is 23.1 Å². The van der Waals surface area contributed by atoms with Gasteiger partial charge in [-0.2, -0.15) is 4.31 Å². The number of morpholine rings is 1. The maximum absolute atomic E-state index is 12.7. The molecule has 1 fully saturated rings. The molecule has 116 valence electrons. The van der Waals surface area contributed by atoms with Crippen molar-refractivity contribution in [1.82, 2.24) is 4.31 Å². The third-order valence-electron chi connectivity index (χ3n) is 3.31. The van der Waals surface area contributed by atoms with Crippen molar-refractivity contribution in [3.8, 4) is 0 Å². The molecule has 1 heterocycles. The largest absolute Gasteiger partial charge is 0.467 e. The van der Waals surface area contributed by atoms with E-state index < -0.39 is 22.1 Å². The Morgan fingerprint density at radius 3 is 2.81 bits per heavy atom. The number of esters is 1. The number of rotatable bonds is 3. The molecule has 1 aromatic carbocycles. The molecule has 1 aliphatic rings. The van der Waals surface area contributed by atoms with E-state index in [0.29, 0.717) is 11.3 Å². The summed E-state index contributed by atoms with van der Waals surface area (Å²) in [5.41, 5.74) is 6.71. The number of hydrogen-bond acceptors (Lipinski definition) is 6. The van der Waals surface area contributed by atoms with Gasteiger partial charge in [0.05, 0.1) is 25.2 Å². The zero-order chi connectivity index (χ0) is 15.6. The zero-order valence-corrected chi connectivity index (χ0v) is 12.7. The van der Waals surface area contributed by atoms with E-state index in [2.05, 4.69) is 4.74 Å². The number of anilines is 1. The molecule has 0 spiro atoms. The van der Waals surface area contributed by atoms with Crippen LogP contribution in [-0.4, -0.2) is 51.6 Å². The fourth-order valence-corrected chi connectivity index (χ4v) is 3.85. The van der Waals surface area contributed by atoms with E-state index >= 15 is 0 Å².